The van der Waals surface area contributed by atoms with Crippen LogP contribution in [0.1, 0.15) is 24.8 Å². The summed E-state index contributed by atoms with van der Waals surface area (Å²) in [6, 6.07) is 6.55. The van der Waals surface area contributed by atoms with E-state index in [1.807, 2.05) is 0 Å². The Morgan fingerprint density at radius 1 is 0.694 bits per heavy atom. The lowest BCUT2D eigenvalue weighted by Gasteiger charge is -2.43. The van der Waals surface area contributed by atoms with Crippen LogP contribution in [0.25, 0.3) is 0 Å². The van der Waals surface area contributed by atoms with Gasteiger partial charge in [0.2, 0.25) is 0 Å². The molecule has 0 unspecified atom stereocenters. The summed E-state index contributed by atoms with van der Waals surface area (Å²) in [5, 5.41) is 0. The maximum Gasteiger partial charge on any atom is 0.460 e. The average molecular weight is 547 g/mol. The lowest BCUT2D eigenvalue weighted by Crippen LogP contribution is -2.71. The van der Waals surface area contributed by atoms with E-state index in [4.69, 9.17) is 0 Å². The number of allylic oxidation sites excluding steroid dienone is 2. The molecule has 1 fully saturated rings. The molecule has 2 rings (SSSR count). The molecule has 0 aromatic heterocycles. The van der Waals surface area contributed by atoms with Crippen molar-refractivity contribution >= 4 is 6.29 Å². The summed E-state index contributed by atoms with van der Waals surface area (Å²) in [6.07, 6.45) is -8.41. The lowest BCUT2D eigenvalue weighted by molar-refractivity contribution is -0.437. The van der Waals surface area contributed by atoms with Gasteiger partial charge in [-0.3, -0.25) is 4.79 Å². The molecule has 1 heterocycles. The van der Waals surface area contributed by atoms with E-state index in [0.29, 0.717) is 11.3 Å². The summed E-state index contributed by atoms with van der Waals surface area (Å²) < 4.78 is 179. The molecule has 36 heavy (non-hydrogen) atoms. The van der Waals surface area contributed by atoms with E-state index in [0.717, 1.165) is 0 Å². The van der Waals surface area contributed by atoms with Gasteiger partial charge in [0.15, 0.2) is 0 Å². The number of carbonyl (C=O) groups is 1. The first kappa shape index (κ1) is 29.7. The van der Waals surface area contributed by atoms with E-state index in [1.165, 1.54) is 30.3 Å². The highest BCUT2D eigenvalue weighted by Crippen LogP contribution is 2.61. The van der Waals surface area contributed by atoms with Crippen LogP contribution in [0.15, 0.2) is 41.6 Å². The van der Waals surface area contributed by atoms with Crippen LogP contribution in [0.2, 0.25) is 0 Å². The van der Waals surface area contributed by atoms with Crippen molar-refractivity contribution in [2.75, 3.05) is 13.1 Å². The molecule has 0 bridgehead atoms. The van der Waals surface area contributed by atoms with Crippen molar-refractivity contribution in [1.82, 2.24) is 4.90 Å². The maximum atomic E-state index is 15.2. The van der Waals surface area contributed by atoms with Crippen molar-refractivity contribution in [1.29, 1.82) is 0 Å². The molecule has 2 nitrogen and oxygen atoms in total. The number of hydrogen-bond acceptors (Lipinski definition) is 2. The van der Waals surface area contributed by atoms with Gasteiger partial charge in [-0.1, -0.05) is 30.3 Å². The average Bonchev–Trinajstić information content (AvgIpc) is 2.78. The van der Waals surface area contributed by atoms with Gasteiger partial charge >= 0.3 is 35.8 Å². The van der Waals surface area contributed by atoms with Crippen LogP contribution in [0.5, 0.6) is 0 Å². The largest absolute Gasteiger partial charge is 0.460 e. The fraction of sp³-hybridized carbons (Fsp3) is 0.571. The Labute approximate surface area is 195 Å². The van der Waals surface area contributed by atoms with Crippen molar-refractivity contribution in [2.24, 2.45) is 0 Å². The molecule has 15 heteroatoms. The van der Waals surface area contributed by atoms with Gasteiger partial charge in [-0.25, -0.2) is 0 Å². The molecule has 204 valence electrons. The first-order valence-corrected chi connectivity index (χ1v) is 10.2. The number of piperidine rings is 1. The van der Waals surface area contributed by atoms with Gasteiger partial charge in [0.1, 0.15) is 6.29 Å². The fourth-order valence-electron chi connectivity index (χ4n) is 3.64. The SMILES string of the molecule is O=C/C(Cc1ccccc1)=C(\N1CCCCC1)C(F)(F)C(F)(F)C(F)(F)C(F)(F)C(F)(F)C(F)(F)F. The standard InChI is InChI=1S/C21H18F13NO/c22-16(23,17(24,25)18(26,27)19(28,29)20(30,31)21(32,33)34)15(35-9-5-2-6-10-35)14(12-36)11-13-7-3-1-4-8-13/h1,3-4,7-8,12H,2,5-6,9-11H2/b15-14-. The van der Waals surface area contributed by atoms with Crippen LogP contribution in [0.4, 0.5) is 57.1 Å². The smallest absolute Gasteiger partial charge is 0.369 e. The number of likely N-dealkylation sites (tertiary alicyclic amines) is 1. The Bertz CT molecular complexity index is 948. The van der Waals surface area contributed by atoms with Crippen molar-refractivity contribution in [3.05, 3.63) is 47.2 Å². The van der Waals surface area contributed by atoms with E-state index in [9.17, 15) is 53.1 Å². The molecule has 0 amide bonds. The number of rotatable bonds is 9. The summed E-state index contributed by atoms with van der Waals surface area (Å²) in [5.41, 5.74) is -3.40. The summed E-state index contributed by atoms with van der Waals surface area (Å²) >= 11 is 0. The molecular weight excluding hydrogens is 529 g/mol. The molecule has 1 aliphatic rings. The molecule has 1 aromatic rings. The third-order valence-corrected chi connectivity index (χ3v) is 5.59. The highest BCUT2D eigenvalue weighted by molar-refractivity contribution is 5.76. The van der Waals surface area contributed by atoms with E-state index < -0.39 is 72.9 Å². The highest BCUT2D eigenvalue weighted by Gasteiger charge is 2.91. The van der Waals surface area contributed by atoms with Crippen LogP contribution in [0, 0.1) is 0 Å². The van der Waals surface area contributed by atoms with Crippen LogP contribution in [0.3, 0.4) is 0 Å². The molecular formula is C21H18F13NO. The van der Waals surface area contributed by atoms with Crippen molar-refractivity contribution in [3.63, 3.8) is 0 Å². The van der Waals surface area contributed by atoms with Crippen LogP contribution < -0.4 is 0 Å². The third kappa shape index (κ3) is 4.76. The summed E-state index contributed by atoms with van der Waals surface area (Å²) in [4.78, 5) is 12.0. The molecule has 0 aliphatic carbocycles. The Kier molecular flexibility index (Phi) is 8.07. The first-order chi connectivity index (χ1) is 16.3. The normalized spacial score (nSPS) is 17.6. The maximum absolute atomic E-state index is 15.2. The number of benzene rings is 1. The fourth-order valence-corrected chi connectivity index (χ4v) is 3.64. The quantitative estimate of drug-likeness (QED) is 0.190. The Morgan fingerprint density at radius 3 is 1.61 bits per heavy atom. The van der Waals surface area contributed by atoms with Crippen LogP contribution in [-0.4, -0.2) is 60.1 Å². The summed E-state index contributed by atoms with van der Waals surface area (Å²) in [6.45, 7) is -1.07. The number of hydrogen-bond donors (Lipinski definition) is 0. The zero-order valence-electron chi connectivity index (χ0n) is 18.0. The van der Waals surface area contributed by atoms with Crippen molar-refractivity contribution in [2.45, 2.75) is 61.5 Å². The lowest BCUT2D eigenvalue weighted by atomic mass is 9.89. The molecule has 0 radical (unpaired) electrons. The first-order valence-electron chi connectivity index (χ1n) is 10.2. The number of aldehydes is 1. The van der Waals surface area contributed by atoms with Gasteiger partial charge in [-0.2, -0.15) is 57.1 Å². The minimum atomic E-state index is -8.00. The second-order valence-electron chi connectivity index (χ2n) is 8.07. The van der Waals surface area contributed by atoms with E-state index in [2.05, 4.69) is 0 Å². The Balaban J connectivity index is 2.74. The number of halogens is 13. The minimum Gasteiger partial charge on any atom is -0.369 e. The van der Waals surface area contributed by atoms with E-state index in [1.54, 1.807) is 0 Å². The zero-order chi connectivity index (χ0) is 27.8. The van der Waals surface area contributed by atoms with Gasteiger partial charge in [0.25, 0.3) is 0 Å². The Morgan fingerprint density at radius 2 is 1.17 bits per heavy atom. The second kappa shape index (κ2) is 9.77. The highest BCUT2D eigenvalue weighted by atomic mass is 19.4. The van der Waals surface area contributed by atoms with Crippen LogP contribution in [-0.2, 0) is 11.2 Å². The van der Waals surface area contributed by atoms with Crippen molar-refractivity contribution in [3.8, 4) is 0 Å². The molecule has 0 saturated carbocycles. The van der Waals surface area contributed by atoms with Crippen LogP contribution >= 0.6 is 0 Å². The zero-order valence-corrected chi connectivity index (χ0v) is 18.0. The molecule has 1 aromatic carbocycles. The van der Waals surface area contributed by atoms with Gasteiger partial charge in [0, 0.05) is 25.1 Å². The molecule has 0 atom stereocenters. The van der Waals surface area contributed by atoms with Gasteiger partial charge in [0.05, 0.1) is 5.70 Å². The van der Waals surface area contributed by atoms with Gasteiger partial charge in [-0.05, 0) is 24.8 Å². The van der Waals surface area contributed by atoms with Gasteiger partial charge < -0.3 is 4.90 Å². The topological polar surface area (TPSA) is 20.3 Å². The number of carbonyl (C=O) groups excluding carboxylic acids is 1. The predicted octanol–water partition coefficient (Wildman–Crippen LogP) is 6.91. The Hall–Kier alpha value is -2.48. The molecule has 1 saturated heterocycles. The molecule has 0 N–H and O–H groups in total. The van der Waals surface area contributed by atoms with E-state index in [-0.39, 0.29) is 18.4 Å². The summed E-state index contributed by atoms with van der Waals surface area (Å²) in [7, 11) is 0. The summed E-state index contributed by atoms with van der Waals surface area (Å²) in [5.74, 6) is -37.7. The molecule has 0 spiro atoms. The minimum absolute atomic E-state index is 0.0152. The monoisotopic (exact) mass is 547 g/mol. The third-order valence-electron chi connectivity index (χ3n) is 5.59. The van der Waals surface area contributed by atoms with E-state index >= 15 is 8.78 Å². The number of nitrogens with zero attached hydrogens (tertiary/aromatic N) is 1. The van der Waals surface area contributed by atoms with Gasteiger partial charge in [-0.15, -0.1) is 0 Å². The predicted molar refractivity (Wildman–Crippen MR) is 99.5 cm³/mol. The van der Waals surface area contributed by atoms with Crippen molar-refractivity contribution < 1.29 is 61.9 Å². The number of alkyl halides is 13. The molecule has 1 aliphatic heterocycles. The second-order valence-corrected chi connectivity index (χ2v) is 8.07.